The monoisotopic (exact) mass is 376 g/mol. The molecule has 3 heterocycles. The number of hydrogen-bond donors (Lipinski definition) is 0. The maximum Gasteiger partial charge on any atom is 0.235 e. The lowest BCUT2D eigenvalue weighted by molar-refractivity contribution is -0.129. The van der Waals surface area contributed by atoms with Crippen LogP contribution < -0.4 is 0 Å². The van der Waals surface area contributed by atoms with Gasteiger partial charge in [-0.05, 0) is 44.0 Å². The summed E-state index contributed by atoms with van der Waals surface area (Å²) in [6.45, 7) is 3.73. The highest BCUT2D eigenvalue weighted by Gasteiger charge is 2.26. The summed E-state index contributed by atoms with van der Waals surface area (Å²) in [7, 11) is 0. The first-order valence-electron chi connectivity index (χ1n) is 9.34. The van der Waals surface area contributed by atoms with E-state index in [4.69, 9.17) is 9.97 Å². The van der Waals surface area contributed by atoms with Crippen LogP contribution in [0.4, 0.5) is 0 Å². The number of thioether (sulfide) groups is 1. The van der Waals surface area contributed by atoms with Gasteiger partial charge in [-0.2, -0.15) is 0 Å². The quantitative estimate of drug-likeness (QED) is 0.398. The standard InChI is InChI=1S/C21H20N4OS/c1-14(20(26)24-12-6-7-13-24)27-21-23-16-9-3-2-8-15(16)19-22-17-10-4-5-11-18(17)25(19)21/h2-5,8-11,14H,6-7,12-13H2,1H3/t14-/m1/s1. The molecule has 5 rings (SSSR count). The van der Waals surface area contributed by atoms with Gasteiger partial charge in [0.2, 0.25) is 5.91 Å². The van der Waals surface area contributed by atoms with Crippen LogP contribution in [0.15, 0.2) is 53.7 Å². The molecule has 2 aromatic carbocycles. The van der Waals surface area contributed by atoms with Gasteiger partial charge < -0.3 is 4.90 Å². The zero-order chi connectivity index (χ0) is 18.4. The van der Waals surface area contributed by atoms with Gasteiger partial charge in [-0.25, -0.2) is 9.97 Å². The number of hydrogen-bond acceptors (Lipinski definition) is 4. The molecule has 0 bridgehead atoms. The highest BCUT2D eigenvalue weighted by Crippen LogP contribution is 2.31. The van der Waals surface area contributed by atoms with E-state index < -0.39 is 0 Å². The summed E-state index contributed by atoms with van der Waals surface area (Å²) >= 11 is 1.52. The Hall–Kier alpha value is -2.60. The number of para-hydroxylation sites is 3. The number of imidazole rings is 1. The predicted molar refractivity (Wildman–Crippen MR) is 109 cm³/mol. The first kappa shape index (κ1) is 16.6. The Morgan fingerprint density at radius 2 is 1.70 bits per heavy atom. The Morgan fingerprint density at radius 1 is 1.00 bits per heavy atom. The van der Waals surface area contributed by atoms with E-state index in [1.807, 2.05) is 48.2 Å². The summed E-state index contributed by atoms with van der Waals surface area (Å²) in [5.74, 6) is 0.199. The van der Waals surface area contributed by atoms with Crippen molar-refractivity contribution in [2.24, 2.45) is 0 Å². The fourth-order valence-corrected chi connectivity index (χ4v) is 4.80. The molecule has 0 unspecified atom stereocenters. The smallest absolute Gasteiger partial charge is 0.235 e. The fraction of sp³-hybridized carbons (Fsp3) is 0.286. The Bertz CT molecular complexity index is 1160. The summed E-state index contributed by atoms with van der Waals surface area (Å²) in [6, 6.07) is 16.1. The maximum absolute atomic E-state index is 12.8. The van der Waals surface area contributed by atoms with E-state index in [1.165, 1.54) is 11.8 Å². The van der Waals surface area contributed by atoms with E-state index in [0.29, 0.717) is 0 Å². The summed E-state index contributed by atoms with van der Waals surface area (Å²) in [5, 5.41) is 1.66. The number of aromatic nitrogens is 3. The molecule has 5 nitrogen and oxygen atoms in total. The number of amides is 1. The number of benzene rings is 2. The zero-order valence-electron chi connectivity index (χ0n) is 15.1. The van der Waals surface area contributed by atoms with Gasteiger partial charge in [-0.15, -0.1) is 0 Å². The van der Waals surface area contributed by atoms with Crippen molar-refractivity contribution in [1.29, 1.82) is 0 Å². The molecule has 1 atom stereocenters. The third-order valence-corrected chi connectivity index (χ3v) is 6.20. The van der Waals surface area contributed by atoms with Crippen molar-refractivity contribution in [1.82, 2.24) is 19.3 Å². The van der Waals surface area contributed by atoms with E-state index in [9.17, 15) is 4.79 Å². The molecular weight excluding hydrogens is 356 g/mol. The van der Waals surface area contributed by atoms with Gasteiger partial charge in [-0.1, -0.05) is 36.0 Å². The molecule has 6 heteroatoms. The Labute approximate surface area is 161 Å². The number of nitrogens with zero attached hydrogens (tertiary/aromatic N) is 4. The Morgan fingerprint density at radius 3 is 2.52 bits per heavy atom. The molecule has 4 aromatic rings. The number of fused-ring (bicyclic) bond motifs is 5. The molecule has 1 aliphatic rings. The highest BCUT2D eigenvalue weighted by atomic mass is 32.2. The van der Waals surface area contributed by atoms with Crippen molar-refractivity contribution < 1.29 is 4.79 Å². The fourth-order valence-electron chi connectivity index (χ4n) is 3.80. The lowest BCUT2D eigenvalue weighted by Crippen LogP contribution is -2.34. The number of rotatable bonds is 3. The molecule has 136 valence electrons. The van der Waals surface area contributed by atoms with Crippen LogP contribution in [0.3, 0.4) is 0 Å². The van der Waals surface area contributed by atoms with Crippen molar-refractivity contribution in [3.63, 3.8) is 0 Å². The summed E-state index contributed by atoms with van der Waals surface area (Å²) in [5.41, 5.74) is 3.76. The van der Waals surface area contributed by atoms with Gasteiger partial charge in [0, 0.05) is 18.5 Å². The average Bonchev–Trinajstić information content (AvgIpc) is 3.35. The van der Waals surface area contributed by atoms with Gasteiger partial charge >= 0.3 is 0 Å². The normalized spacial score (nSPS) is 15.8. The second-order valence-electron chi connectivity index (χ2n) is 6.96. The van der Waals surface area contributed by atoms with E-state index in [0.717, 1.165) is 58.7 Å². The number of likely N-dealkylation sites (tertiary alicyclic amines) is 1. The molecule has 1 amide bonds. The van der Waals surface area contributed by atoms with E-state index >= 15 is 0 Å². The second-order valence-corrected chi connectivity index (χ2v) is 8.27. The summed E-state index contributed by atoms with van der Waals surface area (Å²) < 4.78 is 2.09. The van der Waals surface area contributed by atoms with Gasteiger partial charge in [-0.3, -0.25) is 9.20 Å². The van der Waals surface area contributed by atoms with Crippen LogP contribution in [0.2, 0.25) is 0 Å². The number of carbonyl (C=O) groups is 1. The van der Waals surface area contributed by atoms with Crippen LogP contribution in [0.5, 0.6) is 0 Å². The molecular formula is C21H20N4OS. The van der Waals surface area contributed by atoms with E-state index in [-0.39, 0.29) is 11.2 Å². The van der Waals surface area contributed by atoms with Crippen molar-refractivity contribution in [3.8, 4) is 0 Å². The minimum absolute atomic E-state index is 0.180. The minimum Gasteiger partial charge on any atom is -0.342 e. The van der Waals surface area contributed by atoms with E-state index in [2.05, 4.69) is 16.5 Å². The second kappa shape index (κ2) is 6.53. The molecule has 0 aliphatic carbocycles. The SMILES string of the molecule is C[C@@H](Sc1nc2ccccc2c2nc3ccccc3n12)C(=O)N1CCCC1. The first-order valence-corrected chi connectivity index (χ1v) is 10.2. The molecule has 0 spiro atoms. The molecule has 1 saturated heterocycles. The summed E-state index contributed by atoms with van der Waals surface area (Å²) in [4.78, 5) is 24.5. The highest BCUT2D eigenvalue weighted by molar-refractivity contribution is 8.00. The van der Waals surface area contributed by atoms with Gasteiger partial charge in [0.05, 0.1) is 21.8 Å². The molecule has 1 fully saturated rings. The first-order chi connectivity index (χ1) is 13.2. The molecule has 0 radical (unpaired) electrons. The molecule has 1 aliphatic heterocycles. The van der Waals surface area contributed by atoms with Crippen LogP contribution in [0.25, 0.3) is 27.6 Å². The molecule has 27 heavy (non-hydrogen) atoms. The molecule has 2 aromatic heterocycles. The minimum atomic E-state index is -0.180. The van der Waals surface area contributed by atoms with Crippen molar-refractivity contribution >= 4 is 45.3 Å². The van der Waals surface area contributed by atoms with Crippen molar-refractivity contribution in [2.45, 2.75) is 30.2 Å². The molecule has 0 N–H and O–H groups in total. The Kier molecular flexibility index (Phi) is 4.01. The van der Waals surface area contributed by atoms with Gasteiger partial charge in [0.25, 0.3) is 0 Å². The van der Waals surface area contributed by atoms with E-state index in [1.54, 1.807) is 0 Å². The predicted octanol–water partition coefficient (Wildman–Crippen LogP) is 4.14. The molecule has 0 saturated carbocycles. The van der Waals surface area contributed by atoms with Gasteiger partial charge in [0.15, 0.2) is 5.16 Å². The Balaban J connectivity index is 1.66. The third-order valence-electron chi connectivity index (χ3n) is 5.16. The van der Waals surface area contributed by atoms with Crippen LogP contribution in [-0.2, 0) is 4.79 Å². The zero-order valence-corrected chi connectivity index (χ0v) is 15.9. The number of carbonyl (C=O) groups excluding carboxylic acids is 1. The third kappa shape index (κ3) is 2.75. The topological polar surface area (TPSA) is 50.5 Å². The van der Waals surface area contributed by atoms with Crippen molar-refractivity contribution in [3.05, 3.63) is 48.5 Å². The van der Waals surface area contributed by atoms with Crippen LogP contribution >= 0.6 is 11.8 Å². The maximum atomic E-state index is 12.8. The lowest BCUT2D eigenvalue weighted by atomic mass is 10.2. The van der Waals surface area contributed by atoms with Crippen LogP contribution in [-0.4, -0.2) is 43.5 Å². The lowest BCUT2D eigenvalue weighted by Gasteiger charge is -2.20. The van der Waals surface area contributed by atoms with Crippen LogP contribution in [0, 0.1) is 0 Å². The van der Waals surface area contributed by atoms with Gasteiger partial charge in [0.1, 0.15) is 5.65 Å². The summed E-state index contributed by atoms with van der Waals surface area (Å²) in [6.07, 6.45) is 2.21. The van der Waals surface area contributed by atoms with Crippen molar-refractivity contribution in [2.75, 3.05) is 13.1 Å². The average molecular weight is 376 g/mol. The van der Waals surface area contributed by atoms with Crippen LogP contribution in [0.1, 0.15) is 19.8 Å². The largest absolute Gasteiger partial charge is 0.342 e.